The van der Waals surface area contributed by atoms with E-state index in [4.69, 9.17) is 4.98 Å². The third-order valence-electron chi connectivity index (χ3n) is 7.34. The van der Waals surface area contributed by atoms with Gasteiger partial charge in [-0.25, -0.2) is 4.98 Å². The van der Waals surface area contributed by atoms with Crippen LogP contribution in [-0.2, 0) is 13.6 Å². The zero-order valence-corrected chi connectivity index (χ0v) is 18.3. The van der Waals surface area contributed by atoms with Crippen LogP contribution in [0.25, 0.3) is 21.9 Å². The van der Waals surface area contributed by atoms with Gasteiger partial charge in [0, 0.05) is 62.3 Å². The monoisotopic (exact) mass is 413 g/mol. The molecule has 1 atom stereocenters. The fourth-order valence-electron chi connectivity index (χ4n) is 5.74. The van der Waals surface area contributed by atoms with Crippen molar-refractivity contribution < 1.29 is 0 Å². The highest BCUT2D eigenvalue weighted by atomic mass is 15.2. The Kier molecular flexibility index (Phi) is 4.81. The summed E-state index contributed by atoms with van der Waals surface area (Å²) >= 11 is 0. The van der Waals surface area contributed by atoms with Gasteiger partial charge in [-0.2, -0.15) is 0 Å². The van der Waals surface area contributed by atoms with Gasteiger partial charge in [0.1, 0.15) is 5.82 Å². The van der Waals surface area contributed by atoms with Gasteiger partial charge in [0.05, 0.1) is 11.0 Å². The Bertz CT molecular complexity index is 1210. The topological polar surface area (TPSA) is 38.0 Å². The lowest BCUT2D eigenvalue weighted by molar-refractivity contribution is 0.179. The smallest absolute Gasteiger partial charge is 0.114 e. The largest absolute Gasteiger partial charge is 0.350 e. The molecule has 0 saturated carbocycles. The summed E-state index contributed by atoms with van der Waals surface area (Å²) in [5.41, 5.74) is 5.24. The average molecular weight is 414 g/mol. The van der Waals surface area contributed by atoms with Crippen molar-refractivity contribution in [1.82, 2.24) is 24.3 Å². The van der Waals surface area contributed by atoms with E-state index in [-0.39, 0.29) is 0 Å². The van der Waals surface area contributed by atoms with E-state index in [1.165, 1.54) is 47.1 Å². The molecule has 2 fully saturated rings. The van der Waals surface area contributed by atoms with Crippen LogP contribution in [0.2, 0.25) is 0 Å². The first-order chi connectivity index (χ1) is 15.3. The van der Waals surface area contributed by atoms with Crippen LogP contribution in [0.5, 0.6) is 0 Å². The number of hydrogen-bond acceptors (Lipinski definition) is 3. The minimum Gasteiger partial charge on any atom is -0.350 e. The molecule has 1 N–H and O–H groups in total. The third kappa shape index (κ3) is 3.36. The van der Waals surface area contributed by atoms with Crippen molar-refractivity contribution in [2.24, 2.45) is 7.05 Å². The third-order valence-corrected chi connectivity index (χ3v) is 7.34. The summed E-state index contributed by atoms with van der Waals surface area (Å²) in [7, 11) is 2.15. The predicted molar refractivity (Wildman–Crippen MR) is 126 cm³/mol. The number of aryl methyl sites for hydroxylation is 1. The molecule has 0 aliphatic carbocycles. The number of likely N-dealkylation sites (tertiary alicyclic amines) is 1. The Morgan fingerprint density at radius 1 is 0.968 bits per heavy atom. The summed E-state index contributed by atoms with van der Waals surface area (Å²) in [4.78, 5) is 7.73. The van der Waals surface area contributed by atoms with Crippen molar-refractivity contribution in [3.63, 3.8) is 0 Å². The maximum absolute atomic E-state index is 5.10. The number of imidazole rings is 1. The van der Waals surface area contributed by atoms with Gasteiger partial charge < -0.3 is 14.5 Å². The van der Waals surface area contributed by atoms with Crippen LogP contribution in [0.3, 0.4) is 0 Å². The van der Waals surface area contributed by atoms with Crippen LogP contribution >= 0.6 is 0 Å². The molecule has 5 heteroatoms. The van der Waals surface area contributed by atoms with E-state index >= 15 is 0 Å². The molecular formula is C26H31N5. The summed E-state index contributed by atoms with van der Waals surface area (Å²) in [6.07, 6.45) is 5.89. The Labute approximate surface area is 183 Å². The lowest BCUT2D eigenvalue weighted by atomic mass is 10.0. The summed E-state index contributed by atoms with van der Waals surface area (Å²) in [5, 5.41) is 4.93. The minimum absolute atomic E-state index is 0.543. The average Bonchev–Trinajstić information content (AvgIpc) is 3.53. The van der Waals surface area contributed by atoms with Gasteiger partial charge >= 0.3 is 0 Å². The quantitative estimate of drug-likeness (QED) is 0.537. The van der Waals surface area contributed by atoms with Crippen molar-refractivity contribution in [2.75, 3.05) is 26.2 Å². The molecule has 2 aromatic carbocycles. The lowest BCUT2D eigenvalue weighted by Crippen LogP contribution is -2.34. The van der Waals surface area contributed by atoms with Crippen LogP contribution < -0.4 is 5.32 Å². The van der Waals surface area contributed by atoms with Crippen molar-refractivity contribution in [3.8, 4) is 0 Å². The fourth-order valence-corrected chi connectivity index (χ4v) is 5.74. The highest BCUT2D eigenvalue weighted by molar-refractivity contribution is 5.83. The molecule has 6 rings (SSSR count). The molecule has 0 bridgehead atoms. The van der Waals surface area contributed by atoms with E-state index in [1.807, 2.05) is 0 Å². The van der Waals surface area contributed by atoms with E-state index in [2.05, 4.69) is 81.1 Å². The molecule has 5 nitrogen and oxygen atoms in total. The number of aromatic nitrogens is 3. The Morgan fingerprint density at radius 3 is 2.55 bits per heavy atom. The van der Waals surface area contributed by atoms with Crippen LogP contribution in [-0.4, -0.2) is 45.2 Å². The van der Waals surface area contributed by atoms with E-state index < -0.39 is 0 Å². The van der Waals surface area contributed by atoms with E-state index in [0.717, 1.165) is 38.2 Å². The number of fused-ring (bicyclic) bond motifs is 2. The second-order valence-electron chi connectivity index (χ2n) is 9.31. The van der Waals surface area contributed by atoms with E-state index in [0.29, 0.717) is 12.0 Å². The maximum atomic E-state index is 5.10. The molecule has 2 aromatic heterocycles. The minimum atomic E-state index is 0.543. The zero-order valence-electron chi connectivity index (χ0n) is 18.3. The first-order valence-electron chi connectivity index (χ1n) is 11.7. The highest BCUT2D eigenvalue weighted by Crippen LogP contribution is 2.34. The van der Waals surface area contributed by atoms with E-state index in [9.17, 15) is 0 Å². The number of hydrogen-bond donors (Lipinski definition) is 1. The van der Waals surface area contributed by atoms with Crippen molar-refractivity contribution in [2.45, 2.75) is 37.8 Å². The number of nitrogens with zero attached hydrogens (tertiary/aromatic N) is 4. The number of benzene rings is 2. The van der Waals surface area contributed by atoms with Crippen LogP contribution in [0.4, 0.5) is 0 Å². The highest BCUT2D eigenvalue weighted by Gasteiger charge is 2.29. The molecule has 2 aliphatic rings. The first-order valence-corrected chi connectivity index (χ1v) is 11.7. The molecule has 2 saturated heterocycles. The zero-order chi connectivity index (χ0) is 20.8. The lowest BCUT2D eigenvalue weighted by Gasteiger charge is -2.34. The molecule has 31 heavy (non-hydrogen) atoms. The van der Waals surface area contributed by atoms with Crippen molar-refractivity contribution in [1.29, 1.82) is 0 Å². The van der Waals surface area contributed by atoms with E-state index in [1.54, 1.807) is 0 Å². The first kappa shape index (κ1) is 19.1. The molecule has 4 aromatic rings. The van der Waals surface area contributed by atoms with Gasteiger partial charge in [-0.3, -0.25) is 4.90 Å². The second-order valence-corrected chi connectivity index (χ2v) is 9.31. The van der Waals surface area contributed by atoms with Crippen molar-refractivity contribution in [3.05, 3.63) is 66.1 Å². The Balaban J connectivity index is 1.23. The molecule has 0 unspecified atom stereocenters. The summed E-state index contributed by atoms with van der Waals surface area (Å²) in [6.45, 7) is 5.49. The Morgan fingerprint density at radius 2 is 1.74 bits per heavy atom. The summed E-state index contributed by atoms with van der Waals surface area (Å²) in [5.74, 6) is 1.85. The van der Waals surface area contributed by atoms with Gasteiger partial charge in [-0.1, -0.05) is 30.3 Å². The molecule has 4 heterocycles. The Hall–Kier alpha value is -2.63. The SMILES string of the molecule is Cn1cc(CN2CCC(n3c([C@@H]4CCNC4)nc4ccccc43)CC2)c2ccccc21. The van der Waals surface area contributed by atoms with Gasteiger partial charge in [-0.15, -0.1) is 0 Å². The van der Waals surface area contributed by atoms with Crippen LogP contribution in [0.15, 0.2) is 54.7 Å². The summed E-state index contributed by atoms with van der Waals surface area (Å²) in [6, 6.07) is 18.0. The molecule has 0 amide bonds. The van der Waals surface area contributed by atoms with Gasteiger partial charge in [-0.05, 0) is 49.6 Å². The van der Waals surface area contributed by atoms with Gasteiger partial charge in [0.15, 0.2) is 0 Å². The normalized spacial score (nSPS) is 20.9. The van der Waals surface area contributed by atoms with Crippen LogP contribution in [0.1, 0.15) is 42.6 Å². The molecule has 0 radical (unpaired) electrons. The number of rotatable bonds is 4. The summed E-state index contributed by atoms with van der Waals surface area (Å²) < 4.78 is 4.86. The number of para-hydroxylation sites is 3. The second kappa shape index (κ2) is 7.81. The van der Waals surface area contributed by atoms with Gasteiger partial charge in [0.25, 0.3) is 0 Å². The van der Waals surface area contributed by atoms with Crippen molar-refractivity contribution >= 4 is 21.9 Å². The predicted octanol–water partition coefficient (Wildman–Crippen LogP) is 4.44. The molecule has 2 aliphatic heterocycles. The van der Waals surface area contributed by atoms with Crippen LogP contribution in [0, 0.1) is 0 Å². The molecular weight excluding hydrogens is 382 g/mol. The standard InChI is InChI=1S/C26H31N5/c1-29-17-20(22-6-2-4-8-24(22)29)18-30-14-11-21(12-15-30)31-25-9-5-3-7-23(25)28-26(31)19-10-13-27-16-19/h2-9,17,19,21,27H,10-16,18H2,1H3/t19-/m1/s1. The fraction of sp³-hybridized carbons (Fsp3) is 0.423. The molecule has 160 valence electrons. The number of nitrogens with one attached hydrogen (secondary N) is 1. The van der Waals surface area contributed by atoms with Gasteiger partial charge in [0.2, 0.25) is 0 Å². The maximum Gasteiger partial charge on any atom is 0.114 e. The number of piperidine rings is 1. The molecule has 0 spiro atoms.